The molecule has 5 heteroatoms. The molecule has 1 heterocycles. The Morgan fingerprint density at radius 3 is 2.58 bits per heavy atom. The van der Waals surface area contributed by atoms with E-state index in [4.69, 9.17) is 14.2 Å². The third kappa shape index (κ3) is 8.49. The average molecular weight is 433 g/mol. The van der Waals surface area contributed by atoms with Crippen LogP contribution >= 0.6 is 0 Å². The Balaban J connectivity index is 1.63. The summed E-state index contributed by atoms with van der Waals surface area (Å²) in [6.45, 7) is 9.81. The first kappa shape index (κ1) is 25.7. The lowest BCUT2D eigenvalue weighted by atomic mass is 9.95. The van der Waals surface area contributed by atoms with Crippen LogP contribution in [-0.2, 0) is 25.6 Å². The Bertz CT molecular complexity index is 668. The molecule has 0 saturated carbocycles. The van der Waals surface area contributed by atoms with Crippen LogP contribution in [0.4, 0.5) is 0 Å². The molecule has 174 valence electrons. The highest BCUT2D eigenvalue weighted by Gasteiger charge is 2.39. The zero-order chi connectivity index (χ0) is 22.7. The van der Waals surface area contributed by atoms with Gasteiger partial charge < -0.3 is 19.3 Å². The fraction of sp³-hybridized carbons (Fsp3) is 0.654. The van der Waals surface area contributed by atoms with E-state index in [0.29, 0.717) is 39.1 Å². The first-order chi connectivity index (χ1) is 14.9. The Labute approximate surface area is 187 Å². The molecule has 1 N–H and O–H groups in total. The number of allylic oxidation sites excluding steroid dienone is 1. The van der Waals surface area contributed by atoms with Crippen molar-refractivity contribution in [3.05, 3.63) is 48.0 Å². The number of aliphatic hydroxyl groups excluding tert-OH is 1. The van der Waals surface area contributed by atoms with E-state index in [9.17, 15) is 9.90 Å². The molecular formula is C26H40O5. The number of hydrogen-bond donors (Lipinski definition) is 1. The molecule has 31 heavy (non-hydrogen) atoms. The van der Waals surface area contributed by atoms with E-state index in [-0.39, 0.29) is 23.7 Å². The van der Waals surface area contributed by atoms with Crippen molar-refractivity contribution in [3.8, 4) is 0 Å². The molecule has 2 rings (SSSR count). The van der Waals surface area contributed by atoms with Crippen molar-refractivity contribution in [1.29, 1.82) is 0 Å². The second-order valence-corrected chi connectivity index (χ2v) is 8.68. The zero-order valence-electron chi connectivity index (χ0n) is 19.6. The second-order valence-electron chi connectivity index (χ2n) is 8.68. The molecule has 0 bridgehead atoms. The summed E-state index contributed by atoms with van der Waals surface area (Å²) in [5.41, 5.74) is 1.13. The average Bonchev–Trinajstić information content (AvgIpc) is 3.24. The molecule has 1 aromatic carbocycles. The predicted octanol–water partition coefficient (Wildman–Crippen LogP) is 5.06. The first-order valence-electron chi connectivity index (χ1n) is 11.7. The summed E-state index contributed by atoms with van der Waals surface area (Å²) in [4.78, 5) is 12.3. The maximum absolute atomic E-state index is 12.3. The number of rotatable bonds is 14. The van der Waals surface area contributed by atoms with Crippen LogP contribution in [-0.4, -0.2) is 42.1 Å². The summed E-state index contributed by atoms with van der Waals surface area (Å²) < 4.78 is 17.6. The van der Waals surface area contributed by atoms with Crippen LogP contribution in [0.15, 0.2) is 42.5 Å². The molecule has 4 atom stereocenters. The summed E-state index contributed by atoms with van der Waals surface area (Å²) in [5.74, 6) is -0.208. The van der Waals surface area contributed by atoms with E-state index >= 15 is 0 Å². The number of hydrogen-bond acceptors (Lipinski definition) is 5. The highest BCUT2D eigenvalue weighted by molar-refractivity contribution is 5.89. The van der Waals surface area contributed by atoms with Crippen molar-refractivity contribution >= 4 is 5.78 Å². The van der Waals surface area contributed by atoms with Crippen LogP contribution in [0.5, 0.6) is 0 Å². The topological polar surface area (TPSA) is 65.0 Å². The Hall–Kier alpha value is -1.53. The fourth-order valence-electron chi connectivity index (χ4n) is 3.74. The van der Waals surface area contributed by atoms with Crippen molar-refractivity contribution in [1.82, 2.24) is 0 Å². The molecule has 1 saturated heterocycles. The maximum Gasteiger partial charge on any atom is 0.168 e. The molecule has 0 amide bonds. The third-order valence-electron chi connectivity index (χ3n) is 6.30. The number of carbonyl (C=O) groups excluding carboxylic acids is 1. The minimum absolute atomic E-state index is 0.0134. The fourth-order valence-corrected chi connectivity index (χ4v) is 3.74. The quantitative estimate of drug-likeness (QED) is 0.329. The maximum atomic E-state index is 12.3. The number of ketones is 1. The lowest BCUT2D eigenvalue weighted by molar-refractivity contribution is -0.174. The van der Waals surface area contributed by atoms with Crippen LogP contribution in [0.25, 0.3) is 0 Å². The van der Waals surface area contributed by atoms with E-state index < -0.39 is 11.9 Å². The lowest BCUT2D eigenvalue weighted by Gasteiger charge is -2.25. The normalized spacial score (nSPS) is 21.3. The summed E-state index contributed by atoms with van der Waals surface area (Å²) in [6.07, 6.45) is 6.43. The molecule has 0 radical (unpaired) electrons. The number of aliphatic hydroxyl groups is 1. The van der Waals surface area contributed by atoms with Gasteiger partial charge in [0, 0.05) is 18.9 Å². The van der Waals surface area contributed by atoms with E-state index in [0.717, 1.165) is 18.4 Å². The van der Waals surface area contributed by atoms with Crippen molar-refractivity contribution in [2.75, 3.05) is 13.2 Å². The molecular weight excluding hydrogens is 392 g/mol. The van der Waals surface area contributed by atoms with Gasteiger partial charge in [0.15, 0.2) is 11.6 Å². The van der Waals surface area contributed by atoms with E-state index in [2.05, 4.69) is 20.8 Å². The number of carbonyl (C=O) groups is 1. The molecule has 1 aromatic rings. The molecule has 1 aliphatic heterocycles. The second kappa shape index (κ2) is 13.1. The SMILES string of the molecule is CCC1(CC)OC[C@H]([C@H](C)/C=C/C(=O)CC[C@H](C)[C@H](O)CCOCc2ccccc2)O1. The van der Waals surface area contributed by atoms with E-state index in [1.807, 2.05) is 43.3 Å². The van der Waals surface area contributed by atoms with Crippen molar-refractivity contribution in [3.63, 3.8) is 0 Å². The lowest BCUT2D eigenvalue weighted by Crippen LogP contribution is -2.30. The summed E-state index contributed by atoms with van der Waals surface area (Å²) in [5, 5.41) is 10.3. The van der Waals surface area contributed by atoms with Gasteiger partial charge in [0.25, 0.3) is 0 Å². The minimum Gasteiger partial charge on any atom is -0.393 e. The van der Waals surface area contributed by atoms with Gasteiger partial charge in [0.05, 0.1) is 25.4 Å². The smallest absolute Gasteiger partial charge is 0.168 e. The van der Waals surface area contributed by atoms with Gasteiger partial charge in [-0.15, -0.1) is 0 Å². The summed E-state index contributed by atoms with van der Waals surface area (Å²) in [7, 11) is 0. The van der Waals surface area contributed by atoms with E-state index in [1.54, 1.807) is 6.08 Å². The van der Waals surface area contributed by atoms with Crippen LogP contribution in [0.1, 0.15) is 65.4 Å². The van der Waals surface area contributed by atoms with Gasteiger partial charge in [0.2, 0.25) is 0 Å². The van der Waals surface area contributed by atoms with Crippen LogP contribution in [0.3, 0.4) is 0 Å². The molecule has 0 aromatic heterocycles. The van der Waals surface area contributed by atoms with Crippen molar-refractivity contribution < 1.29 is 24.1 Å². The minimum atomic E-state index is -0.466. The molecule has 0 unspecified atom stereocenters. The third-order valence-corrected chi connectivity index (χ3v) is 6.30. The summed E-state index contributed by atoms with van der Waals surface area (Å²) >= 11 is 0. The molecule has 1 aliphatic rings. The number of ether oxygens (including phenoxy) is 3. The molecule has 0 aliphatic carbocycles. The van der Waals surface area contributed by atoms with Gasteiger partial charge in [-0.05, 0) is 43.2 Å². The predicted molar refractivity (Wildman–Crippen MR) is 123 cm³/mol. The summed E-state index contributed by atoms with van der Waals surface area (Å²) in [6, 6.07) is 10.00. The van der Waals surface area contributed by atoms with Gasteiger partial charge in [-0.1, -0.05) is 64.1 Å². The standard InChI is InChI=1S/C26H40O5/c1-5-26(6-2)30-19-25(31-26)21(4)13-15-23(27)14-12-20(3)24(28)16-17-29-18-22-10-8-7-9-11-22/h7-11,13,15,20-21,24-25,28H,5-6,12,14,16-19H2,1-4H3/b15-13+/t20-,21+,24+,25+/m0/s1. The first-order valence-corrected chi connectivity index (χ1v) is 11.7. The Morgan fingerprint density at radius 2 is 1.94 bits per heavy atom. The molecule has 0 spiro atoms. The molecule has 5 nitrogen and oxygen atoms in total. The van der Waals surface area contributed by atoms with Crippen molar-refractivity contribution in [2.24, 2.45) is 11.8 Å². The van der Waals surface area contributed by atoms with Crippen LogP contribution in [0.2, 0.25) is 0 Å². The van der Waals surface area contributed by atoms with Gasteiger partial charge in [-0.2, -0.15) is 0 Å². The van der Waals surface area contributed by atoms with Gasteiger partial charge in [0.1, 0.15) is 0 Å². The van der Waals surface area contributed by atoms with Crippen molar-refractivity contribution in [2.45, 2.75) is 84.4 Å². The van der Waals surface area contributed by atoms with E-state index in [1.165, 1.54) is 0 Å². The highest BCUT2D eigenvalue weighted by Crippen LogP contribution is 2.33. The largest absolute Gasteiger partial charge is 0.393 e. The highest BCUT2D eigenvalue weighted by atomic mass is 16.7. The zero-order valence-corrected chi connectivity index (χ0v) is 19.6. The Morgan fingerprint density at radius 1 is 1.23 bits per heavy atom. The molecule has 1 fully saturated rings. The van der Waals surface area contributed by atoms with Gasteiger partial charge in [-0.25, -0.2) is 0 Å². The van der Waals surface area contributed by atoms with Gasteiger partial charge in [-0.3, -0.25) is 4.79 Å². The van der Waals surface area contributed by atoms with Gasteiger partial charge >= 0.3 is 0 Å². The van der Waals surface area contributed by atoms with Crippen LogP contribution < -0.4 is 0 Å². The monoisotopic (exact) mass is 432 g/mol. The Kier molecular flexibility index (Phi) is 10.9. The number of benzene rings is 1. The van der Waals surface area contributed by atoms with Crippen LogP contribution in [0, 0.1) is 11.8 Å².